The van der Waals surface area contributed by atoms with Crippen molar-refractivity contribution in [3.63, 3.8) is 0 Å². The van der Waals surface area contributed by atoms with E-state index in [1.165, 1.54) is 24.3 Å². The molecular formula is C12H11F3O3. The fourth-order valence-corrected chi connectivity index (χ4v) is 1.25. The Morgan fingerprint density at radius 3 is 2.17 bits per heavy atom. The first-order chi connectivity index (χ1) is 8.34. The van der Waals surface area contributed by atoms with E-state index in [0.717, 1.165) is 0 Å². The van der Waals surface area contributed by atoms with E-state index in [0.29, 0.717) is 12.4 Å². The van der Waals surface area contributed by atoms with Crippen LogP contribution in [0.4, 0.5) is 13.2 Å². The molecule has 1 aromatic carbocycles. The fourth-order valence-electron chi connectivity index (χ4n) is 1.25. The summed E-state index contributed by atoms with van der Waals surface area (Å²) in [6.45, 7) is 2.22. The van der Waals surface area contributed by atoms with Crippen LogP contribution in [-0.2, 0) is 4.79 Å². The summed E-state index contributed by atoms with van der Waals surface area (Å²) in [4.78, 5) is 22.1. The first kappa shape index (κ1) is 14.2. The molecule has 18 heavy (non-hydrogen) atoms. The highest BCUT2D eigenvalue weighted by molar-refractivity contribution is 6.09. The van der Waals surface area contributed by atoms with Crippen molar-refractivity contribution in [1.82, 2.24) is 0 Å². The number of hydrogen-bond donors (Lipinski definition) is 0. The van der Waals surface area contributed by atoms with Crippen molar-refractivity contribution in [3.8, 4) is 5.75 Å². The van der Waals surface area contributed by atoms with E-state index in [4.69, 9.17) is 4.74 Å². The number of alkyl halides is 3. The van der Waals surface area contributed by atoms with E-state index in [1.807, 2.05) is 0 Å². The number of ketones is 2. The van der Waals surface area contributed by atoms with Gasteiger partial charge in [-0.2, -0.15) is 13.2 Å². The molecule has 0 amide bonds. The SMILES string of the molecule is CCOc1ccc(C(=O)CC(=O)C(F)(F)F)cc1. The summed E-state index contributed by atoms with van der Waals surface area (Å²) in [6, 6.07) is 5.59. The molecule has 6 heteroatoms. The summed E-state index contributed by atoms with van der Waals surface area (Å²) in [7, 11) is 0. The second-order valence-electron chi connectivity index (χ2n) is 3.48. The largest absolute Gasteiger partial charge is 0.494 e. The van der Waals surface area contributed by atoms with Crippen LogP contribution in [0.2, 0.25) is 0 Å². The number of benzene rings is 1. The van der Waals surface area contributed by atoms with Crippen LogP contribution in [-0.4, -0.2) is 24.3 Å². The minimum absolute atomic E-state index is 0.0519. The Kier molecular flexibility index (Phi) is 4.47. The lowest BCUT2D eigenvalue weighted by Crippen LogP contribution is -2.25. The van der Waals surface area contributed by atoms with Crippen molar-refractivity contribution in [3.05, 3.63) is 29.8 Å². The number of ether oxygens (including phenoxy) is 1. The smallest absolute Gasteiger partial charge is 0.450 e. The Bertz CT molecular complexity index is 435. The second-order valence-corrected chi connectivity index (χ2v) is 3.48. The molecule has 3 nitrogen and oxygen atoms in total. The van der Waals surface area contributed by atoms with Crippen LogP contribution in [0.15, 0.2) is 24.3 Å². The van der Waals surface area contributed by atoms with Crippen LogP contribution in [0, 0.1) is 0 Å². The molecule has 98 valence electrons. The molecule has 0 N–H and O–H groups in total. The predicted molar refractivity (Wildman–Crippen MR) is 57.6 cm³/mol. The Labute approximate surface area is 102 Å². The van der Waals surface area contributed by atoms with Gasteiger partial charge in [0.1, 0.15) is 5.75 Å². The Morgan fingerprint density at radius 2 is 1.72 bits per heavy atom. The maximum Gasteiger partial charge on any atom is 0.450 e. The Balaban J connectivity index is 2.70. The van der Waals surface area contributed by atoms with Crippen molar-refractivity contribution in [2.24, 2.45) is 0 Å². The predicted octanol–water partition coefficient (Wildman–Crippen LogP) is 2.79. The van der Waals surface area contributed by atoms with Gasteiger partial charge in [-0.1, -0.05) is 0 Å². The molecule has 0 saturated heterocycles. The van der Waals surface area contributed by atoms with E-state index in [2.05, 4.69) is 0 Å². The minimum atomic E-state index is -4.97. The summed E-state index contributed by atoms with van der Waals surface area (Å²) >= 11 is 0. The minimum Gasteiger partial charge on any atom is -0.494 e. The van der Waals surface area contributed by atoms with E-state index in [1.54, 1.807) is 6.92 Å². The van der Waals surface area contributed by atoms with Crippen LogP contribution in [0.5, 0.6) is 5.75 Å². The van der Waals surface area contributed by atoms with Crippen LogP contribution >= 0.6 is 0 Å². The summed E-state index contributed by atoms with van der Waals surface area (Å²) in [5.74, 6) is -2.39. The average molecular weight is 260 g/mol. The lowest BCUT2D eigenvalue weighted by atomic mass is 10.1. The van der Waals surface area contributed by atoms with Crippen LogP contribution < -0.4 is 4.74 Å². The van der Waals surface area contributed by atoms with Gasteiger partial charge in [-0.3, -0.25) is 9.59 Å². The van der Waals surface area contributed by atoms with Crippen LogP contribution in [0.3, 0.4) is 0 Å². The highest BCUT2D eigenvalue weighted by atomic mass is 19.4. The maximum absolute atomic E-state index is 12.0. The third-order valence-electron chi connectivity index (χ3n) is 2.12. The number of rotatable bonds is 5. The van der Waals surface area contributed by atoms with Gasteiger partial charge >= 0.3 is 6.18 Å². The van der Waals surface area contributed by atoms with E-state index < -0.39 is 24.2 Å². The van der Waals surface area contributed by atoms with Gasteiger partial charge in [0.25, 0.3) is 0 Å². The highest BCUT2D eigenvalue weighted by Crippen LogP contribution is 2.20. The number of Topliss-reactive ketones (excluding diaryl/α,β-unsaturated/α-hetero) is 2. The van der Waals surface area contributed by atoms with E-state index >= 15 is 0 Å². The normalized spacial score (nSPS) is 11.1. The van der Waals surface area contributed by atoms with E-state index in [-0.39, 0.29) is 5.56 Å². The van der Waals surface area contributed by atoms with Gasteiger partial charge in [0, 0.05) is 5.56 Å². The molecule has 0 aromatic heterocycles. The summed E-state index contributed by atoms with van der Waals surface area (Å²) in [5.41, 5.74) is 0.0519. The number of halogens is 3. The third kappa shape index (κ3) is 3.87. The molecule has 0 bridgehead atoms. The Morgan fingerprint density at radius 1 is 1.17 bits per heavy atom. The number of carbonyl (C=O) groups excluding carboxylic acids is 2. The third-order valence-corrected chi connectivity index (χ3v) is 2.12. The molecule has 1 aromatic rings. The van der Waals surface area contributed by atoms with Gasteiger partial charge in [0.05, 0.1) is 13.0 Å². The van der Waals surface area contributed by atoms with Gasteiger partial charge in [0.15, 0.2) is 5.78 Å². The van der Waals surface area contributed by atoms with Gasteiger partial charge in [-0.15, -0.1) is 0 Å². The zero-order chi connectivity index (χ0) is 13.8. The molecule has 1 rings (SSSR count). The van der Waals surface area contributed by atoms with Crippen molar-refractivity contribution in [1.29, 1.82) is 0 Å². The van der Waals surface area contributed by atoms with Gasteiger partial charge in [-0.25, -0.2) is 0 Å². The first-order valence-electron chi connectivity index (χ1n) is 5.20. The van der Waals surface area contributed by atoms with Crippen LogP contribution in [0.1, 0.15) is 23.7 Å². The van der Waals surface area contributed by atoms with E-state index in [9.17, 15) is 22.8 Å². The monoisotopic (exact) mass is 260 g/mol. The van der Waals surface area contributed by atoms with Gasteiger partial charge < -0.3 is 4.74 Å². The fraction of sp³-hybridized carbons (Fsp3) is 0.333. The van der Waals surface area contributed by atoms with Gasteiger partial charge in [0.2, 0.25) is 5.78 Å². The van der Waals surface area contributed by atoms with Crippen molar-refractivity contribution < 1.29 is 27.5 Å². The number of hydrogen-bond acceptors (Lipinski definition) is 3. The average Bonchev–Trinajstić information content (AvgIpc) is 2.29. The lowest BCUT2D eigenvalue weighted by Gasteiger charge is -2.06. The topological polar surface area (TPSA) is 43.4 Å². The zero-order valence-electron chi connectivity index (χ0n) is 9.58. The zero-order valence-corrected chi connectivity index (χ0v) is 9.58. The van der Waals surface area contributed by atoms with Crippen LogP contribution in [0.25, 0.3) is 0 Å². The molecular weight excluding hydrogens is 249 g/mol. The molecule has 0 spiro atoms. The highest BCUT2D eigenvalue weighted by Gasteiger charge is 2.39. The summed E-state index contributed by atoms with van der Waals surface area (Å²) < 4.78 is 41.0. The summed E-state index contributed by atoms with van der Waals surface area (Å²) in [5, 5.41) is 0. The molecule has 0 unspecified atom stereocenters. The maximum atomic E-state index is 12.0. The summed E-state index contributed by atoms with van der Waals surface area (Å²) in [6.07, 6.45) is -6.14. The second kappa shape index (κ2) is 5.66. The lowest BCUT2D eigenvalue weighted by molar-refractivity contribution is -0.170. The first-order valence-corrected chi connectivity index (χ1v) is 5.20. The van der Waals surface area contributed by atoms with Gasteiger partial charge in [-0.05, 0) is 31.2 Å². The molecule has 0 saturated carbocycles. The van der Waals surface area contributed by atoms with Crippen molar-refractivity contribution >= 4 is 11.6 Å². The molecule has 0 fully saturated rings. The quantitative estimate of drug-likeness (QED) is 0.604. The van der Waals surface area contributed by atoms with Crippen molar-refractivity contribution in [2.75, 3.05) is 6.61 Å². The Hall–Kier alpha value is -1.85. The molecule has 0 atom stereocenters. The molecule has 0 aliphatic rings. The molecule has 0 heterocycles. The number of carbonyl (C=O) groups is 2. The molecule has 0 radical (unpaired) electrons. The standard InChI is InChI=1S/C12H11F3O3/c1-2-18-9-5-3-8(4-6-9)10(16)7-11(17)12(13,14)15/h3-6H,2,7H2,1H3. The molecule has 0 aliphatic heterocycles. The van der Waals surface area contributed by atoms with Crippen molar-refractivity contribution in [2.45, 2.75) is 19.5 Å². The molecule has 0 aliphatic carbocycles.